The van der Waals surface area contributed by atoms with E-state index in [4.69, 9.17) is 43.4 Å². The van der Waals surface area contributed by atoms with Crippen molar-refractivity contribution in [1.82, 2.24) is 4.98 Å². The Morgan fingerprint density at radius 3 is 2.41 bits per heavy atom. The fraction of sp³-hybridized carbons (Fsp3) is 0.0500. The van der Waals surface area contributed by atoms with Crippen LogP contribution >= 0.6 is 34.8 Å². The van der Waals surface area contributed by atoms with Crippen LogP contribution < -0.4 is 4.18 Å². The lowest BCUT2D eigenvalue weighted by molar-refractivity contribution is 0.485. The van der Waals surface area contributed by atoms with Gasteiger partial charge in [-0.1, -0.05) is 40.9 Å². The van der Waals surface area contributed by atoms with Crippen LogP contribution in [-0.4, -0.2) is 13.4 Å². The van der Waals surface area contributed by atoms with Gasteiger partial charge >= 0.3 is 10.1 Å². The van der Waals surface area contributed by atoms with Gasteiger partial charge in [0.1, 0.15) is 10.4 Å². The first-order valence-corrected chi connectivity index (χ1v) is 10.8. The molecule has 0 radical (unpaired) electrons. The minimum atomic E-state index is -4.26. The van der Waals surface area contributed by atoms with Crippen LogP contribution in [0.5, 0.6) is 5.75 Å². The van der Waals surface area contributed by atoms with Gasteiger partial charge in [0.05, 0.1) is 10.6 Å². The van der Waals surface area contributed by atoms with Gasteiger partial charge in [0.25, 0.3) is 0 Å². The molecule has 0 atom stereocenters. The fourth-order valence-electron chi connectivity index (χ4n) is 2.73. The number of aromatic nitrogens is 1. The summed E-state index contributed by atoms with van der Waals surface area (Å²) in [5.74, 6) is 0.168. The summed E-state index contributed by atoms with van der Waals surface area (Å²) in [7, 11) is -4.26. The lowest BCUT2D eigenvalue weighted by Crippen LogP contribution is -2.11. The predicted octanol–water partition coefficient (Wildman–Crippen LogP) is 6.53. The van der Waals surface area contributed by atoms with E-state index in [9.17, 15) is 8.42 Å². The summed E-state index contributed by atoms with van der Waals surface area (Å²) in [5, 5.41) is 0.533. The average molecular weight is 469 g/mol. The normalized spacial score (nSPS) is 11.7. The molecule has 148 valence electrons. The third kappa shape index (κ3) is 4.07. The molecule has 0 N–H and O–H groups in total. The maximum absolute atomic E-state index is 12.8. The Bertz CT molecular complexity index is 1350. The molecule has 0 saturated carbocycles. The summed E-state index contributed by atoms with van der Waals surface area (Å²) in [6.45, 7) is 1.93. The molecular formula is C20H12Cl3NO4S. The van der Waals surface area contributed by atoms with Crippen LogP contribution in [-0.2, 0) is 10.1 Å². The lowest BCUT2D eigenvalue weighted by Gasteiger charge is -2.11. The van der Waals surface area contributed by atoms with Crippen LogP contribution in [0.25, 0.3) is 22.6 Å². The number of nitrogens with zero attached hydrogens (tertiary/aromatic N) is 1. The molecule has 4 rings (SSSR count). The van der Waals surface area contributed by atoms with Crippen LogP contribution in [0, 0.1) is 6.92 Å². The van der Waals surface area contributed by atoms with Gasteiger partial charge in [-0.2, -0.15) is 8.42 Å². The molecule has 1 aromatic heterocycles. The van der Waals surface area contributed by atoms with E-state index in [-0.39, 0.29) is 26.6 Å². The van der Waals surface area contributed by atoms with Crippen molar-refractivity contribution in [1.29, 1.82) is 0 Å². The van der Waals surface area contributed by atoms with Crippen LogP contribution in [0.4, 0.5) is 0 Å². The van der Waals surface area contributed by atoms with Crippen LogP contribution in [0.3, 0.4) is 0 Å². The zero-order chi connectivity index (χ0) is 20.8. The maximum Gasteiger partial charge on any atom is 0.340 e. The van der Waals surface area contributed by atoms with Crippen LogP contribution in [0.15, 0.2) is 63.9 Å². The molecule has 9 heteroatoms. The van der Waals surface area contributed by atoms with E-state index in [2.05, 4.69) is 4.98 Å². The van der Waals surface area contributed by atoms with Gasteiger partial charge in [-0.05, 0) is 55.0 Å². The summed E-state index contributed by atoms with van der Waals surface area (Å²) in [4.78, 5) is 4.20. The zero-order valence-corrected chi connectivity index (χ0v) is 17.9. The maximum atomic E-state index is 12.8. The standard InChI is InChI=1S/C20H12Cl3NO4S/c1-11-2-6-16-18(8-11)27-20(24-16)14-5-3-13(22)10-17(14)28-29(25,26)19-7-4-12(21)9-15(19)23/h2-10H,1H3. The SMILES string of the molecule is Cc1ccc2nc(-c3ccc(Cl)cc3OS(=O)(=O)c3ccc(Cl)cc3Cl)oc2c1. The minimum absolute atomic E-state index is 0.0354. The van der Waals surface area contributed by atoms with Gasteiger partial charge in [0.2, 0.25) is 5.89 Å². The monoisotopic (exact) mass is 467 g/mol. The summed E-state index contributed by atoms with van der Waals surface area (Å²) in [6.07, 6.45) is 0. The van der Waals surface area contributed by atoms with Crippen LogP contribution in [0.2, 0.25) is 15.1 Å². The first-order chi connectivity index (χ1) is 13.7. The minimum Gasteiger partial charge on any atom is -0.436 e. The molecular weight excluding hydrogens is 457 g/mol. The molecule has 0 unspecified atom stereocenters. The van der Waals surface area contributed by atoms with Crippen molar-refractivity contribution in [3.8, 4) is 17.2 Å². The molecule has 0 spiro atoms. The number of oxazole rings is 1. The van der Waals surface area contributed by atoms with Gasteiger partial charge in [0, 0.05) is 16.1 Å². The summed E-state index contributed by atoms with van der Waals surface area (Å²) in [6, 6.07) is 14.1. The van der Waals surface area contributed by atoms with E-state index in [1.54, 1.807) is 12.1 Å². The first-order valence-electron chi connectivity index (χ1n) is 8.29. The Balaban J connectivity index is 1.80. The fourth-order valence-corrected chi connectivity index (χ4v) is 4.58. The molecule has 0 aliphatic heterocycles. The average Bonchev–Trinajstić information content (AvgIpc) is 3.03. The third-order valence-electron chi connectivity index (χ3n) is 4.08. The molecule has 0 aliphatic carbocycles. The molecule has 0 fully saturated rings. The number of halogens is 3. The van der Waals surface area contributed by atoms with E-state index in [0.29, 0.717) is 21.7 Å². The molecule has 1 heterocycles. The van der Waals surface area contributed by atoms with Crippen molar-refractivity contribution in [2.45, 2.75) is 11.8 Å². The van der Waals surface area contributed by atoms with E-state index in [1.807, 2.05) is 25.1 Å². The van der Waals surface area contributed by atoms with Crippen molar-refractivity contribution in [2.24, 2.45) is 0 Å². The summed E-state index contributed by atoms with van der Waals surface area (Å²) < 4.78 is 36.8. The van der Waals surface area contributed by atoms with Crippen molar-refractivity contribution in [2.75, 3.05) is 0 Å². The molecule has 5 nitrogen and oxygen atoms in total. The van der Waals surface area contributed by atoms with Gasteiger partial charge < -0.3 is 8.60 Å². The van der Waals surface area contributed by atoms with Crippen molar-refractivity contribution < 1.29 is 17.0 Å². The molecule has 0 saturated heterocycles. The van der Waals surface area contributed by atoms with E-state index in [0.717, 1.165) is 5.56 Å². The zero-order valence-electron chi connectivity index (χ0n) is 14.8. The number of hydrogen-bond donors (Lipinski definition) is 0. The second-order valence-electron chi connectivity index (χ2n) is 6.24. The van der Waals surface area contributed by atoms with E-state index in [1.165, 1.54) is 24.3 Å². The molecule has 3 aromatic carbocycles. The smallest absolute Gasteiger partial charge is 0.340 e. The highest BCUT2D eigenvalue weighted by Crippen LogP contribution is 2.36. The Morgan fingerprint density at radius 2 is 1.66 bits per heavy atom. The van der Waals surface area contributed by atoms with Crippen molar-refractivity contribution in [3.05, 3.63) is 75.2 Å². The molecule has 29 heavy (non-hydrogen) atoms. The molecule has 4 aromatic rings. The summed E-state index contributed by atoms with van der Waals surface area (Å²) in [5.41, 5.74) is 2.55. The Morgan fingerprint density at radius 1 is 0.931 bits per heavy atom. The largest absolute Gasteiger partial charge is 0.436 e. The molecule has 0 amide bonds. The highest BCUT2D eigenvalue weighted by atomic mass is 35.5. The highest BCUT2D eigenvalue weighted by Gasteiger charge is 2.24. The first kappa shape index (κ1) is 20.0. The number of hydrogen-bond acceptors (Lipinski definition) is 5. The lowest BCUT2D eigenvalue weighted by atomic mass is 10.2. The Kier molecular flexibility index (Phi) is 5.21. The number of aryl methyl sites for hydroxylation is 1. The van der Waals surface area contributed by atoms with Gasteiger partial charge in [-0.25, -0.2) is 4.98 Å². The Hall–Kier alpha value is -2.25. The van der Waals surface area contributed by atoms with Gasteiger partial charge in [0.15, 0.2) is 11.3 Å². The highest BCUT2D eigenvalue weighted by molar-refractivity contribution is 7.87. The second-order valence-corrected chi connectivity index (χ2v) is 9.04. The van der Waals surface area contributed by atoms with Gasteiger partial charge in [-0.15, -0.1) is 0 Å². The van der Waals surface area contributed by atoms with E-state index >= 15 is 0 Å². The number of benzene rings is 3. The number of fused-ring (bicyclic) bond motifs is 1. The van der Waals surface area contributed by atoms with Crippen LogP contribution in [0.1, 0.15) is 5.56 Å². The topological polar surface area (TPSA) is 69.4 Å². The van der Waals surface area contributed by atoms with E-state index < -0.39 is 10.1 Å². The third-order valence-corrected chi connectivity index (χ3v) is 6.27. The van der Waals surface area contributed by atoms with Crippen molar-refractivity contribution >= 4 is 56.0 Å². The van der Waals surface area contributed by atoms with Gasteiger partial charge in [-0.3, -0.25) is 0 Å². The quantitative estimate of drug-likeness (QED) is 0.318. The van der Waals surface area contributed by atoms with Crippen molar-refractivity contribution in [3.63, 3.8) is 0 Å². The number of rotatable bonds is 4. The Labute approximate surface area is 181 Å². The molecule has 0 aliphatic rings. The second kappa shape index (κ2) is 7.54. The summed E-state index contributed by atoms with van der Waals surface area (Å²) >= 11 is 17.9. The molecule has 0 bridgehead atoms. The predicted molar refractivity (Wildman–Crippen MR) is 113 cm³/mol.